The van der Waals surface area contributed by atoms with Crippen LogP contribution in [0.4, 0.5) is 0 Å². The number of phenols is 3. The van der Waals surface area contributed by atoms with E-state index in [9.17, 15) is 20.1 Å². The third kappa shape index (κ3) is 2.00. The van der Waals surface area contributed by atoms with Crippen LogP contribution in [0.3, 0.4) is 0 Å². The van der Waals surface area contributed by atoms with E-state index >= 15 is 0 Å². The van der Waals surface area contributed by atoms with Crippen molar-refractivity contribution >= 4 is 5.97 Å². The standard InChI is InChI=1S/C16H14O6/c1-7-3-10(17)14(11(18)4-7)15-13-9(16(20)22-15)5-8(21-2)6-12(13)19/h3-6,15,17-19H,1-2H3. The highest BCUT2D eigenvalue weighted by atomic mass is 16.6. The maximum Gasteiger partial charge on any atom is 0.339 e. The molecule has 1 unspecified atom stereocenters. The quantitative estimate of drug-likeness (QED) is 0.737. The highest BCUT2D eigenvalue weighted by Crippen LogP contribution is 2.48. The van der Waals surface area contributed by atoms with Gasteiger partial charge in [-0.05, 0) is 30.7 Å². The molecule has 0 radical (unpaired) electrons. The van der Waals surface area contributed by atoms with Gasteiger partial charge >= 0.3 is 5.97 Å². The first kappa shape index (κ1) is 14.1. The molecule has 0 saturated carbocycles. The number of aryl methyl sites for hydroxylation is 1. The Hall–Kier alpha value is -2.89. The number of fused-ring (bicyclic) bond motifs is 1. The number of benzene rings is 2. The summed E-state index contributed by atoms with van der Waals surface area (Å²) in [4.78, 5) is 12.0. The van der Waals surface area contributed by atoms with Crippen LogP contribution in [0.1, 0.15) is 33.2 Å². The Bertz CT molecular complexity index is 757. The lowest BCUT2D eigenvalue weighted by Gasteiger charge is -2.16. The lowest BCUT2D eigenvalue weighted by Crippen LogP contribution is -2.02. The minimum absolute atomic E-state index is 0.0400. The fourth-order valence-corrected chi connectivity index (χ4v) is 2.64. The van der Waals surface area contributed by atoms with Crippen molar-refractivity contribution < 1.29 is 29.6 Å². The molecule has 1 atom stereocenters. The van der Waals surface area contributed by atoms with Gasteiger partial charge in [0.05, 0.1) is 23.8 Å². The third-order valence-corrected chi connectivity index (χ3v) is 3.62. The van der Waals surface area contributed by atoms with Gasteiger partial charge < -0.3 is 24.8 Å². The fraction of sp³-hybridized carbons (Fsp3) is 0.188. The van der Waals surface area contributed by atoms with Crippen LogP contribution in [0.5, 0.6) is 23.0 Å². The molecule has 0 aromatic heterocycles. The molecule has 3 N–H and O–H groups in total. The molecule has 6 nitrogen and oxygen atoms in total. The molecule has 0 amide bonds. The van der Waals surface area contributed by atoms with E-state index in [1.807, 2.05) is 0 Å². The number of methoxy groups -OCH3 is 1. The second kappa shape index (κ2) is 4.84. The van der Waals surface area contributed by atoms with Crippen LogP contribution >= 0.6 is 0 Å². The number of rotatable bonds is 2. The summed E-state index contributed by atoms with van der Waals surface area (Å²) in [6.45, 7) is 1.71. The number of aromatic hydroxyl groups is 3. The first-order chi connectivity index (χ1) is 10.4. The summed E-state index contributed by atoms with van der Waals surface area (Å²) in [5.74, 6) is -0.971. The van der Waals surface area contributed by atoms with Crippen LogP contribution in [0.15, 0.2) is 24.3 Å². The largest absolute Gasteiger partial charge is 0.507 e. The molecule has 1 aliphatic rings. The third-order valence-electron chi connectivity index (χ3n) is 3.62. The van der Waals surface area contributed by atoms with E-state index in [0.717, 1.165) is 0 Å². The Morgan fingerprint density at radius 1 is 1.00 bits per heavy atom. The number of cyclic esters (lactones) is 1. The van der Waals surface area contributed by atoms with Gasteiger partial charge in [0.1, 0.15) is 23.0 Å². The van der Waals surface area contributed by atoms with Crippen molar-refractivity contribution in [2.75, 3.05) is 7.11 Å². The molecule has 3 rings (SSSR count). The molecule has 1 aliphatic heterocycles. The number of carbonyl (C=O) groups is 1. The van der Waals surface area contributed by atoms with Crippen LogP contribution in [-0.2, 0) is 4.74 Å². The molecule has 0 saturated heterocycles. The van der Waals surface area contributed by atoms with Gasteiger partial charge in [0.25, 0.3) is 0 Å². The van der Waals surface area contributed by atoms with Gasteiger partial charge in [-0.2, -0.15) is 0 Å². The minimum Gasteiger partial charge on any atom is -0.507 e. The zero-order chi connectivity index (χ0) is 16.0. The number of ether oxygens (including phenoxy) is 2. The molecular weight excluding hydrogens is 288 g/mol. The topological polar surface area (TPSA) is 96.2 Å². The molecule has 1 heterocycles. The number of hydrogen-bond acceptors (Lipinski definition) is 6. The van der Waals surface area contributed by atoms with Crippen molar-refractivity contribution in [1.82, 2.24) is 0 Å². The molecule has 22 heavy (non-hydrogen) atoms. The monoisotopic (exact) mass is 302 g/mol. The lowest BCUT2D eigenvalue weighted by atomic mass is 9.95. The van der Waals surface area contributed by atoms with E-state index in [0.29, 0.717) is 11.3 Å². The zero-order valence-corrected chi connectivity index (χ0v) is 12.0. The van der Waals surface area contributed by atoms with Crippen LogP contribution in [0.25, 0.3) is 0 Å². The molecule has 114 valence electrons. The highest BCUT2D eigenvalue weighted by Gasteiger charge is 2.38. The van der Waals surface area contributed by atoms with E-state index in [1.165, 1.54) is 31.4 Å². The van der Waals surface area contributed by atoms with Crippen LogP contribution in [-0.4, -0.2) is 28.4 Å². The van der Waals surface area contributed by atoms with Gasteiger partial charge in [0, 0.05) is 6.07 Å². The normalized spacial score (nSPS) is 16.3. The average molecular weight is 302 g/mol. The van der Waals surface area contributed by atoms with Gasteiger partial charge in [-0.1, -0.05) is 0 Å². The molecular formula is C16H14O6. The Morgan fingerprint density at radius 3 is 2.18 bits per heavy atom. The van der Waals surface area contributed by atoms with Crippen molar-refractivity contribution in [2.24, 2.45) is 0 Å². The summed E-state index contributed by atoms with van der Waals surface area (Å²) >= 11 is 0. The Morgan fingerprint density at radius 2 is 1.59 bits per heavy atom. The van der Waals surface area contributed by atoms with Crippen LogP contribution in [0.2, 0.25) is 0 Å². The smallest absolute Gasteiger partial charge is 0.339 e. The molecule has 2 aromatic carbocycles. The highest BCUT2D eigenvalue weighted by molar-refractivity contribution is 5.96. The molecule has 0 spiro atoms. The number of phenolic OH excluding ortho intramolecular Hbond substituents is 3. The Balaban J connectivity index is 2.21. The second-order valence-corrected chi connectivity index (χ2v) is 5.11. The van der Waals surface area contributed by atoms with E-state index in [1.54, 1.807) is 6.92 Å². The minimum atomic E-state index is -1.07. The Kier molecular flexibility index (Phi) is 3.09. The number of esters is 1. The summed E-state index contributed by atoms with van der Waals surface area (Å²) in [6, 6.07) is 5.68. The Labute approximate surface area is 126 Å². The van der Waals surface area contributed by atoms with E-state index in [-0.39, 0.29) is 33.9 Å². The summed E-state index contributed by atoms with van der Waals surface area (Å²) in [6.07, 6.45) is -1.07. The van der Waals surface area contributed by atoms with Gasteiger partial charge in [-0.15, -0.1) is 0 Å². The van der Waals surface area contributed by atoms with Gasteiger partial charge in [-0.3, -0.25) is 0 Å². The van der Waals surface area contributed by atoms with E-state index < -0.39 is 12.1 Å². The SMILES string of the molecule is COc1cc(O)c2c(c1)C(=O)OC2c1c(O)cc(C)cc1O. The van der Waals surface area contributed by atoms with Crippen molar-refractivity contribution in [2.45, 2.75) is 13.0 Å². The lowest BCUT2D eigenvalue weighted by molar-refractivity contribution is 0.0448. The summed E-state index contributed by atoms with van der Waals surface area (Å²) in [7, 11) is 1.41. The maximum atomic E-state index is 12.0. The average Bonchev–Trinajstić information content (AvgIpc) is 2.75. The summed E-state index contributed by atoms with van der Waals surface area (Å²) < 4.78 is 10.2. The first-order valence-electron chi connectivity index (χ1n) is 6.56. The van der Waals surface area contributed by atoms with Gasteiger partial charge in [0.15, 0.2) is 6.10 Å². The predicted molar refractivity (Wildman–Crippen MR) is 76.4 cm³/mol. The number of carbonyl (C=O) groups excluding carboxylic acids is 1. The van der Waals surface area contributed by atoms with Gasteiger partial charge in [-0.25, -0.2) is 4.79 Å². The summed E-state index contributed by atoms with van der Waals surface area (Å²) in [5, 5.41) is 30.3. The van der Waals surface area contributed by atoms with Crippen molar-refractivity contribution in [3.05, 3.63) is 46.5 Å². The number of hydrogen-bond donors (Lipinski definition) is 3. The predicted octanol–water partition coefficient (Wildman–Crippen LogP) is 2.38. The summed E-state index contributed by atoms with van der Waals surface area (Å²) in [5.41, 5.74) is 1.03. The van der Waals surface area contributed by atoms with Crippen molar-refractivity contribution in [3.8, 4) is 23.0 Å². The van der Waals surface area contributed by atoms with E-state index in [4.69, 9.17) is 9.47 Å². The molecule has 0 fully saturated rings. The molecule has 2 aromatic rings. The molecule has 0 bridgehead atoms. The van der Waals surface area contributed by atoms with Crippen molar-refractivity contribution in [1.29, 1.82) is 0 Å². The van der Waals surface area contributed by atoms with E-state index in [2.05, 4.69) is 0 Å². The maximum absolute atomic E-state index is 12.0. The van der Waals surface area contributed by atoms with Crippen molar-refractivity contribution in [3.63, 3.8) is 0 Å². The molecule has 0 aliphatic carbocycles. The first-order valence-corrected chi connectivity index (χ1v) is 6.56. The van der Waals surface area contributed by atoms with Crippen LogP contribution in [0, 0.1) is 6.92 Å². The van der Waals surface area contributed by atoms with Gasteiger partial charge in [0.2, 0.25) is 0 Å². The second-order valence-electron chi connectivity index (χ2n) is 5.11. The fourth-order valence-electron chi connectivity index (χ4n) is 2.64. The molecule has 6 heteroatoms. The van der Waals surface area contributed by atoms with Crippen LogP contribution < -0.4 is 4.74 Å². The zero-order valence-electron chi connectivity index (χ0n) is 12.0.